The molecule has 1 amide bonds. The molecule has 106 valence electrons. The number of carbonyl (C=O) groups excluding carboxylic acids is 1. The lowest BCUT2D eigenvalue weighted by atomic mass is 10.0. The third-order valence-corrected chi connectivity index (χ3v) is 3.35. The Kier molecular flexibility index (Phi) is 5.48. The second-order valence-corrected chi connectivity index (χ2v) is 5.54. The van der Waals surface area contributed by atoms with Crippen LogP contribution in [-0.2, 0) is 4.79 Å². The average molecular weight is 263 g/mol. The van der Waals surface area contributed by atoms with E-state index in [-0.39, 0.29) is 23.9 Å². The molecule has 0 aliphatic rings. The molecule has 2 atom stereocenters. The van der Waals surface area contributed by atoms with Crippen LogP contribution in [0.4, 0.5) is 0 Å². The fourth-order valence-electron chi connectivity index (χ4n) is 2.12. The highest BCUT2D eigenvalue weighted by Gasteiger charge is 2.30. The maximum Gasteiger partial charge on any atom is 0.240 e. The quantitative estimate of drug-likeness (QED) is 0.887. The van der Waals surface area contributed by atoms with E-state index in [0.29, 0.717) is 0 Å². The van der Waals surface area contributed by atoms with Gasteiger partial charge in [0, 0.05) is 12.2 Å². The van der Waals surface area contributed by atoms with Crippen LogP contribution in [0.5, 0.6) is 0 Å². The summed E-state index contributed by atoms with van der Waals surface area (Å²) in [5, 5.41) is 0. The van der Waals surface area contributed by atoms with Gasteiger partial charge in [-0.3, -0.25) is 9.78 Å². The molecule has 1 aromatic rings. The van der Waals surface area contributed by atoms with Crippen molar-refractivity contribution in [3.63, 3.8) is 0 Å². The summed E-state index contributed by atoms with van der Waals surface area (Å²) in [4.78, 5) is 18.7. The summed E-state index contributed by atoms with van der Waals surface area (Å²) in [5.41, 5.74) is 6.89. The number of nitrogens with two attached hydrogens (primary N) is 1. The number of rotatable bonds is 5. The van der Waals surface area contributed by atoms with Gasteiger partial charge in [0.2, 0.25) is 5.91 Å². The van der Waals surface area contributed by atoms with E-state index in [1.54, 1.807) is 6.20 Å². The summed E-state index contributed by atoms with van der Waals surface area (Å²) in [6.07, 6.45) is 1.75. The molecule has 1 rings (SSSR count). The fourth-order valence-corrected chi connectivity index (χ4v) is 2.12. The molecule has 0 bridgehead atoms. The number of pyridine rings is 1. The molecule has 0 radical (unpaired) electrons. The van der Waals surface area contributed by atoms with E-state index in [9.17, 15) is 4.79 Å². The summed E-state index contributed by atoms with van der Waals surface area (Å²) in [5.74, 6) is 0.118. The summed E-state index contributed by atoms with van der Waals surface area (Å²) >= 11 is 0. The highest BCUT2D eigenvalue weighted by atomic mass is 16.2. The van der Waals surface area contributed by atoms with Gasteiger partial charge in [-0.2, -0.15) is 0 Å². The molecule has 1 aromatic heterocycles. The van der Waals surface area contributed by atoms with Crippen LogP contribution in [0.1, 0.15) is 46.4 Å². The Bertz CT molecular complexity index is 403. The van der Waals surface area contributed by atoms with Crippen molar-refractivity contribution in [1.29, 1.82) is 0 Å². The van der Waals surface area contributed by atoms with Crippen LogP contribution >= 0.6 is 0 Å². The van der Waals surface area contributed by atoms with E-state index in [4.69, 9.17) is 5.73 Å². The van der Waals surface area contributed by atoms with Crippen molar-refractivity contribution >= 4 is 5.91 Å². The van der Waals surface area contributed by atoms with Crippen molar-refractivity contribution in [1.82, 2.24) is 9.88 Å². The van der Waals surface area contributed by atoms with Crippen LogP contribution < -0.4 is 5.73 Å². The van der Waals surface area contributed by atoms with Crippen molar-refractivity contribution in [2.24, 2.45) is 11.7 Å². The zero-order valence-corrected chi connectivity index (χ0v) is 12.5. The van der Waals surface area contributed by atoms with Crippen LogP contribution in [0.25, 0.3) is 0 Å². The van der Waals surface area contributed by atoms with Crippen LogP contribution in [0, 0.1) is 5.92 Å². The zero-order chi connectivity index (χ0) is 14.6. The van der Waals surface area contributed by atoms with E-state index >= 15 is 0 Å². The number of nitrogens with zero attached hydrogens (tertiary/aromatic N) is 2. The topological polar surface area (TPSA) is 59.2 Å². The summed E-state index contributed by atoms with van der Waals surface area (Å²) in [7, 11) is 0. The van der Waals surface area contributed by atoms with Crippen LogP contribution in [-0.4, -0.2) is 27.9 Å². The van der Waals surface area contributed by atoms with Crippen LogP contribution in [0.15, 0.2) is 24.4 Å². The Morgan fingerprint density at radius 3 is 2.26 bits per heavy atom. The summed E-state index contributed by atoms with van der Waals surface area (Å²) < 4.78 is 0. The molecular weight excluding hydrogens is 238 g/mol. The molecule has 0 aromatic carbocycles. The highest BCUT2D eigenvalue weighted by Crippen LogP contribution is 2.22. The van der Waals surface area contributed by atoms with Gasteiger partial charge in [-0.25, -0.2) is 0 Å². The first kappa shape index (κ1) is 15.6. The normalized spacial score (nSPS) is 14.5. The highest BCUT2D eigenvalue weighted by molar-refractivity contribution is 5.82. The molecule has 1 heterocycles. The lowest BCUT2D eigenvalue weighted by Crippen LogP contribution is -2.50. The minimum atomic E-state index is -0.464. The third kappa shape index (κ3) is 3.77. The molecule has 0 aliphatic heterocycles. The Hall–Kier alpha value is -1.42. The van der Waals surface area contributed by atoms with E-state index in [0.717, 1.165) is 5.69 Å². The third-order valence-electron chi connectivity index (χ3n) is 3.35. The van der Waals surface area contributed by atoms with Gasteiger partial charge >= 0.3 is 0 Å². The largest absolute Gasteiger partial charge is 0.331 e. The molecule has 4 nitrogen and oxygen atoms in total. The van der Waals surface area contributed by atoms with Gasteiger partial charge in [0.05, 0.1) is 17.8 Å². The zero-order valence-electron chi connectivity index (χ0n) is 12.5. The molecule has 2 unspecified atom stereocenters. The van der Waals surface area contributed by atoms with Crippen molar-refractivity contribution < 1.29 is 4.79 Å². The first-order valence-electron chi connectivity index (χ1n) is 6.85. The van der Waals surface area contributed by atoms with Crippen molar-refractivity contribution in [2.75, 3.05) is 0 Å². The molecule has 0 fully saturated rings. The first-order valence-corrected chi connectivity index (χ1v) is 6.85. The van der Waals surface area contributed by atoms with E-state index in [1.165, 1.54) is 0 Å². The minimum Gasteiger partial charge on any atom is -0.331 e. The number of hydrogen-bond donors (Lipinski definition) is 1. The van der Waals surface area contributed by atoms with Gasteiger partial charge in [0.1, 0.15) is 0 Å². The summed E-state index contributed by atoms with van der Waals surface area (Å²) in [6, 6.07) is 5.30. The molecule has 0 aliphatic carbocycles. The molecule has 4 heteroatoms. The fraction of sp³-hybridized carbons (Fsp3) is 0.600. The van der Waals surface area contributed by atoms with E-state index < -0.39 is 6.04 Å². The number of hydrogen-bond acceptors (Lipinski definition) is 3. The van der Waals surface area contributed by atoms with Crippen LogP contribution in [0.2, 0.25) is 0 Å². The van der Waals surface area contributed by atoms with Gasteiger partial charge in [0.15, 0.2) is 0 Å². The standard InChI is InChI=1S/C15H25N3O/c1-10(2)14(16)15(19)18(11(3)4)12(5)13-8-6-7-9-17-13/h6-12,14H,16H2,1-5H3. The number of amides is 1. The number of aromatic nitrogens is 1. The molecule has 0 saturated heterocycles. The molecule has 2 N–H and O–H groups in total. The average Bonchev–Trinajstić information content (AvgIpc) is 2.38. The van der Waals surface area contributed by atoms with E-state index in [2.05, 4.69) is 4.98 Å². The molecular formula is C15H25N3O. The van der Waals surface area contributed by atoms with Gasteiger partial charge in [-0.05, 0) is 38.8 Å². The molecule has 0 saturated carbocycles. The van der Waals surface area contributed by atoms with Crippen molar-refractivity contribution in [3.8, 4) is 0 Å². The maximum atomic E-state index is 12.5. The van der Waals surface area contributed by atoms with Crippen molar-refractivity contribution in [3.05, 3.63) is 30.1 Å². The van der Waals surface area contributed by atoms with Gasteiger partial charge in [0.25, 0.3) is 0 Å². The maximum absolute atomic E-state index is 12.5. The Morgan fingerprint density at radius 2 is 1.84 bits per heavy atom. The van der Waals surface area contributed by atoms with Gasteiger partial charge in [-0.1, -0.05) is 19.9 Å². The van der Waals surface area contributed by atoms with Crippen molar-refractivity contribution in [2.45, 2.75) is 52.7 Å². The Balaban J connectivity index is 2.98. The first-order chi connectivity index (χ1) is 8.86. The molecule has 19 heavy (non-hydrogen) atoms. The predicted molar refractivity (Wildman–Crippen MR) is 77.4 cm³/mol. The Labute approximate surface area is 116 Å². The molecule has 0 spiro atoms. The van der Waals surface area contributed by atoms with E-state index in [1.807, 2.05) is 57.7 Å². The number of carbonyl (C=O) groups is 1. The monoisotopic (exact) mass is 263 g/mol. The second-order valence-electron chi connectivity index (χ2n) is 5.54. The SMILES string of the molecule is CC(C)C(N)C(=O)N(C(C)C)C(C)c1ccccn1. The van der Waals surface area contributed by atoms with Gasteiger partial charge in [-0.15, -0.1) is 0 Å². The van der Waals surface area contributed by atoms with Crippen LogP contribution in [0.3, 0.4) is 0 Å². The minimum absolute atomic E-state index is 0.0110. The lowest BCUT2D eigenvalue weighted by Gasteiger charge is -2.35. The smallest absolute Gasteiger partial charge is 0.240 e. The predicted octanol–water partition coefficient (Wildman–Crippen LogP) is 2.36. The summed E-state index contributed by atoms with van der Waals surface area (Å²) in [6.45, 7) is 9.93. The Morgan fingerprint density at radius 1 is 1.21 bits per heavy atom. The lowest BCUT2D eigenvalue weighted by molar-refractivity contribution is -0.137. The second kappa shape index (κ2) is 6.66. The van der Waals surface area contributed by atoms with Gasteiger partial charge < -0.3 is 10.6 Å².